The number of ether oxygens (including phenoxy) is 2. The Hall–Kier alpha value is -0.950. The molecule has 0 atom stereocenters. The molecule has 0 N–H and O–H groups in total. The first-order valence-corrected chi connectivity index (χ1v) is 5.90. The first-order valence-electron chi connectivity index (χ1n) is 5.11. The highest BCUT2D eigenvalue weighted by Gasteiger charge is 2.31. The average molecular weight is 328 g/mol. The molecule has 18 heavy (non-hydrogen) atoms. The molecular weight excluding hydrogens is 315 g/mol. The van der Waals surface area contributed by atoms with Crippen LogP contribution in [0.5, 0.6) is 11.5 Å². The molecule has 0 unspecified atom stereocenters. The van der Waals surface area contributed by atoms with Crippen molar-refractivity contribution in [1.29, 1.82) is 0 Å². The number of halogens is 4. The van der Waals surface area contributed by atoms with E-state index in [0.717, 1.165) is 6.54 Å². The summed E-state index contributed by atoms with van der Waals surface area (Å²) in [6.07, 6.45) is -4.70. The zero-order valence-corrected chi connectivity index (χ0v) is 11.5. The summed E-state index contributed by atoms with van der Waals surface area (Å²) in [6.45, 7) is 1.18. The smallest absolute Gasteiger partial charge is 0.492 e. The van der Waals surface area contributed by atoms with Crippen molar-refractivity contribution in [3.05, 3.63) is 22.7 Å². The van der Waals surface area contributed by atoms with Crippen molar-refractivity contribution in [3.8, 4) is 11.5 Å². The van der Waals surface area contributed by atoms with Crippen molar-refractivity contribution in [2.75, 3.05) is 27.2 Å². The fraction of sp³-hybridized carbons (Fsp3) is 0.455. The Morgan fingerprint density at radius 3 is 2.44 bits per heavy atom. The average Bonchev–Trinajstić information content (AvgIpc) is 2.19. The van der Waals surface area contributed by atoms with Crippen LogP contribution in [0.1, 0.15) is 0 Å². The third-order valence-electron chi connectivity index (χ3n) is 1.94. The highest BCUT2D eigenvalue weighted by molar-refractivity contribution is 9.10. The molecule has 0 heterocycles. The summed E-state index contributed by atoms with van der Waals surface area (Å²) in [6, 6.07) is 4.08. The quantitative estimate of drug-likeness (QED) is 0.828. The molecule has 7 heteroatoms. The van der Waals surface area contributed by atoms with Crippen LogP contribution in [0.25, 0.3) is 0 Å². The molecule has 0 saturated carbocycles. The molecule has 0 aliphatic carbocycles. The van der Waals surface area contributed by atoms with Gasteiger partial charge in [-0.15, -0.1) is 13.2 Å². The lowest BCUT2D eigenvalue weighted by atomic mass is 10.3. The summed E-state index contributed by atoms with van der Waals surface area (Å²) in [7, 11) is 3.80. The minimum Gasteiger partial charge on any atom is -0.492 e. The van der Waals surface area contributed by atoms with Crippen molar-refractivity contribution >= 4 is 15.9 Å². The molecule has 0 aliphatic rings. The van der Waals surface area contributed by atoms with Gasteiger partial charge in [-0.05, 0) is 48.2 Å². The first kappa shape index (κ1) is 15.1. The Kier molecular flexibility index (Phi) is 5.28. The molecule has 102 valence electrons. The summed E-state index contributed by atoms with van der Waals surface area (Å²) in [5.74, 6) is 0.195. The van der Waals surface area contributed by atoms with Gasteiger partial charge in [0.25, 0.3) is 0 Å². The van der Waals surface area contributed by atoms with E-state index >= 15 is 0 Å². The van der Waals surface area contributed by atoms with Crippen LogP contribution in [0.15, 0.2) is 22.7 Å². The van der Waals surface area contributed by atoms with E-state index in [4.69, 9.17) is 4.74 Å². The third kappa shape index (κ3) is 5.59. The summed E-state index contributed by atoms with van der Waals surface area (Å²) in [4.78, 5) is 1.94. The first-order chi connectivity index (χ1) is 8.28. The van der Waals surface area contributed by atoms with Crippen LogP contribution >= 0.6 is 15.9 Å². The largest absolute Gasteiger partial charge is 0.573 e. The maximum Gasteiger partial charge on any atom is 0.573 e. The van der Waals surface area contributed by atoms with Gasteiger partial charge < -0.3 is 14.4 Å². The number of benzene rings is 1. The Morgan fingerprint density at radius 2 is 1.94 bits per heavy atom. The van der Waals surface area contributed by atoms with Crippen LogP contribution in [-0.4, -0.2) is 38.5 Å². The number of nitrogens with zero attached hydrogens (tertiary/aromatic N) is 1. The van der Waals surface area contributed by atoms with Gasteiger partial charge >= 0.3 is 6.36 Å². The second kappa shape index (κ2) is 6.29. The van der Waals surface area contributed by atoms with E-state index in [9.17, 15) is 13.2 Å². The summed E-state index contributed by atoms with van der Waals surface area (Å²) < 4.78 is 45.5. The van der Waals surface area contributed by atoms with E-state index in [1.807, 2.05) is 19.0 Å². The van der Waals surface area contributed by atoms with Crippen LogP contribution in [0.4, 0.5) is 13.2 Å². The van der Waals surface area contributed by atoms with Gasteiger partial charge in [0.15, 0.2) is 0 Å². The number of rotatable bonds is 5. The van der Waals surface area contributed by atoms with Crippen LogP contribution in [-0.2, 0) is 0 Å². The van der Waals surface area contributed by atoms with Gasteiger partial charge in [-0.25, -0.2) is 0 Å². The minimum absolute atomic E-state index is 0.196. The van der Waals surface area contributed by atoms with Gasteiger partial charge in [0.2, 0.25) is 0 Å². The van der Waals surface area contributed by atoms with Crippen molar-refractivity contribution in [3.63, 3.8) is 0 Å². The topological polar surface area (TPSA) is 21.7 Å². The molecule has 0 saturated heterocycles. The fourth-order valence-corrected chi connectivity index (χ4v) is 1.56. The molecule has 0 aromatic heterocycles. The Bertz CT molecular complexity index is 396. The maximum absolute atomic E-state index is 12.0. The lowest BCUT2D eigenvalue weighted by Crippen LogP contribution is -2.19. The zero-order chi connectivity index (χ0) is 13.8. The lowest BCUT2D eigenvalue weighted by molar-refractivity contribution is -0.274. The molecule has 0 bridgehead atoms. The van der Waals surface area contributed by atoms with Crippen molar-refractivity contribution in [2.24, 2.45) is 0 Å². The number of hydrogen-bond donors (Lipinski definition) is 0. The highest BCUT2D eigenvalue weighted by atomic mass is 79.9. The zero-order valence-electron chi connectivity index (χ0n) is 9.92. The van der Waals surface area contributed by atoms with E-state index < -0.39 is 6.36 Å². The van der Waals surface area contributed by atoms with Crippen molar-refractivity contribution < 1.29 is 22.6 Å². The summed E-state index contributed by atoms with van der Waals surface area (Å²) >= 11 is 3.01. The molecular formula is C11H13BrF3NO2. The predicted molar refractivity (Wildman–Crippen MR) is 64.9 cm³/mol. The number of alkyl halides is 3. The Balaban J connectivity index is 2.62. The van der Waals surface area contributed by atoms with Crippen molar-refractivity contribution in [1.82, 2.24) is 4.90 Å². The summed E-state index contributed by atoms with van der Waals surface area (Å²) in [5.41, 5.74) is 0. The monoisotopic (exact) mass is 327 g/mol. The van der Waals surface area contributed by atoms with Crippen LogP contribution < -0.4 is 9.47 Å². The van der Waals surface area contributed by atoms with Crippen molar-refractivity contribution in [2.45, 2.75) is 6.36 Å². The molecule has 0 amide bonds. The third-order valence-corrected chi connectivity index (χ3v) is 2.56. The van der Waals surface area contributed by atoms with Gasteiger partial charge in [-0.3, -0.25) is 0 Å². The van der Waals surface area contributed by atoms with Gasteiger partial charge in [0, 0.05) is 6.54 Å². The second-order valence-electron chi connectivity index (χ2n) is 3.79. The van der Waals surface area contributed by atoms with Gasteiger partial charge in [0.05, 0.1) is 4.47 Å². The van der Waals surface area contributed by atoms with E-state index in [1.165, 1.54) is 18.2 Å². The van der Waals surface area contributed by atoms with Gasteiger partial charge in [0.1, 0.15) is 18.1 Å². The van der Waals surface area contributed by atoms with Crippen LogP contribution in [0.3, 0.4) is 0 Å². The Labute approximate surface area is 112 Å². The van der Waals surface area contributed by atoms with E-state index in [0.29, 0.717) is 12.4 Å². The molecule has 0 aliphatic heterocycles. The Morgan fingerprint density at radius 1 is 1.28 bits per heavy atom. The standard InChI is InChI=1S/C11H13BrF3NO2/c1-16(2)5-6-17-8-3-4-10(9(12)7-8)18-11(13,14)15/h3-4,7H,5-6H2,1-2H3. The van der Waals surface area contributed by atoms with Crippen LogP contribution in [0, 0.1) is 0 Å². The normalized spacial score (nSPS) is 11.7. The van der Waals surface area contributed by atoms with Crippen LogP contribution in [0.2, 0.25) is 0 Å². The summed E-state index contributed by atoms with van der Waals surface area (Å²) in [5, 5.41) is 0. The SMILES string of the molecule is CN(C)CCOc1ccc(OC(F)(F)F)c(Br)c1. The molecule has 1 aromatic carbocycles. The number of hydrogen-bond acceptors (Lipinski definition) is 3. The predicted octanol–water partition coefficient (Wildman–Crippen LogP) is 3.29. The highest BCUT2D eigenvalue weighted by Crippen LogP contribution is 2.33. The maximum atomic E-state index is 12.0. The van der Waals surface area contributed by atoms with E-state index in [1.54, 1.807) is 0 Å². The molecule has 1 aromatic rings. The van der Waals surface area contributed by atoms with Gasteiger partial charge in [-0.2, -0.15) is 0 Å². The lowest BCUT2D eigenvalue weighted by Gasteiger charge is -2.13. The number of likely N-dealkylation sites (N-methyl/N-ethyl adjacent to an activating group) is 1. The van der Waals surface area contributed by atoms with Gasteiger partial charge in [-0.1, -0.05) is 0 Å². The molecule has 1 rings (SSSR count). The molecule has 0 spiro atoms. The second-order valence-corrected chi connectivity index (χ2v) is 4.65. The minimum atomic E-state index is -4.70. The fourth-order valence-electron chi connectivity index (χ4n) is 1.12. The molecule has 0 radical (unpaired) electrons. The van der Waals surface area contributed by atoms with E-state index in [-0.39, 0.29) is 10.2 Å². The molecule has 0 fully saturated rings. The van der Waals surface area contributed by atoms with E-state index in [2.05, 4.69) is 20.7 Å². The molecule has 3 nitrogen and oxygen atoms in total.